The van der Waals surface area contributed by atoms with E-state index in [0.717, 1.165) is 23.6 Å². The van der Waals surface area contributed by atoms with Crippen molar-refractivity contribution in [3.8, 4) is 11.8 Å². The van der Waals surface area contributed by atoms with Crippen LogP contribution in [0.3, 0.4) is 0 Å². The molecule has 38 heavy (non-hydrogen) atoms. The zero-order chi connectivity index (χ0) is 26.4. The van der Waals surface area contributed by atoms with Gasteiger partial charge in [0.1, 0.15) is 34.3 Å². The fourth-order valence-electron chi connectivity index (χ4n) is 5.27. The molecular weight excluding hydrogens is 505 g/mol. The molecule has 1 fully saturated rings. The van der Waals surface area contributed by atoms with Gasteiger partial charge < -0.3 is 10.6 Å². The smallest absolute Gasteiger partial charge is 0.278 e. The van der Waals surface area contributed by atoms with E-state index >= 15 is 0 Å². The fraction of sp³-hybridized carbons (Fsp3) is 0.214. The van der Waals surface area contributed by atoms with E-state index in [0.29, 0.717) is 30.3 Å². The summed E-state index contributed by atoms with van der Waals surface area (Å²) in [6.07, 6.45) is 4.84. The van der Waals surface area contributed by atoms with Gasteiger partial charge in [0.2, 0.25) is 0 Å². The third-order valence-corrected chi connectivity index (χ3v) is 7.31. The first-order valence-electron chi connectivity index (χ1n) is 12.3. The average molecular weight is 528 g/mol. The van der Waals surface area contributed by atoms with Gasteiger partial charge in [-0.25, -0.2) is 9.37 Å². The van der Waals surface area contributed by atoms with Gasteiger partial charge in [0.15, 0.2) is 0 Å². The molecule has 1 aliphatic heterocycles. The van der Waals surface area contributed by atoms with Gasteiger partial charge in [-0.15, -0.1) is 0 Å². The standard InChI is InChI=1S/C28H23ClFN7O/c29-22-12-18(30)7-8-24(22)37-26-25(21(13-31)27(37)35-11-3-5-19(32)14-35)34-16-36(28(26)38)15-23-20-6-2-1-4-17(20)9-10-33-23/h1-2,4,6-10,12,16,19H,3,5,11,14-15,32H2/t19-/m0/s1. The molecule has 10 heteroatoms. The Morgan fingerprint density at radius 1 is 1.18 bits per heavy atom. The normalized spacial score (nSPS) is 15.7. The van der Waals surface area contributed by atoms with Crippen molar-refractivity contribution in [3.05, 3.63) is 93.5 Å². The lowest BCUT2D eigenvalue weighted by molar-refractivity contribution is 0.501. The molecule has 3 aromatic heterocycles. The number of hydrogen-bond donors (Lipinski definition) is 1. The summed E-state index contributed by atoms with van der Waals surface area (Å²) in [4.78, 5) is 25.2. The Morgan fingerprint density at radius 2 is 2.03 bits per heavy atom. The van der Waals surface area contributed by atoms with E-state index in [1.54, 1.807) is 10.8 Å². The van der Waals surface area contributed by atoms with Crippen molar-refractivity contribution in [2.24, 2.45) is 5.73 Å². The summed E-state index contributed by atoms with van der Waals surface area (Å²) in [5.74, 6) is -0.0216. The number of aromatic nitrogens is 4. The largest absolute Gasteiger partial charge is 0.355 e. The Bertz CT molecular complexity index is 1800. The zero-order valence-electron chi connectivity index (χ0n) is 20.3. The Morgan fingerprint density at radius 3 is 2.82 bits per heavy atom. The molecule has 1 aliphatic rings. The molecule has 0 saturated carbocycles. The molecule has 8 nitrogen and oxygen atoms in total. The predicted octanol–water partition coefficient (Wildman–Crippen LogP) is 4.38. The Hall–Kier alpha value is -4.26. The third-order valence-electron chi connectivity index (χ3n) is 7.01. The molecule has 0 radical (unpaired) electrons. The van der Waals surface area contributed by atoms with Crippen molar-refractivity contribution >= 4 is 39.2 Å². The van der Waals surface area contributed by atoms with Crippen molar-refractivity contribution in [2.45, 2.75) is 25.4 Å². The first-order chi connectivity index (χ1) is 18.5. The van der Waals surface area contributed by atoms with Crippen molar-refractivity contribution in [1.82, 2.24) is 19.1 Å². The molecule has 0 aliphatic carbocycles. The number of nitrogens with two attached hydrogens (primary N) is 1. The highest BCUT2D eigenvalue weighted by molar-refractivity contribution is 6.32. The van der Waals surface area contributed by atoms with Gasteiger partial charge in [0, 0.05) is 30.7 Å². The van der Waals surface area contributed by atoms with Crippen LogP contribution in [-0.4, -0.2) is 38.2 Å². The number of nitrogens with zero attached hydrogens (tertiary/aromatic N) is 6. The summed E-state index contributed by atoms with van der Waals surface area (Å²) >= 11 is 6.52. The Kier molecular flexibility index (Phi) is 6.06. The number of halogens is 2. The van der Waals surface area contributed by atoms with Crippen LogP contribution in [0.5, 0.6) is 0 Å². The Balaban J connectivity index is 1.62. The SMILES string of the molecule is N#Cc1c(N2CCC[C@H](N)C2)n(-c2ccc(F)cc2Cl)c2c(=O)n(Cc3nccc4ccccc34)cnc12. The molecule has 5 aromatic rings. The van der Waals surface area contributed by atoms with Crippen molar-refractivity contribution in [2.75, 3.05) is 18.0 Å². The average Bonchev–Trinajstić information content (AvgIpc) is 3.25. The second-order valence-electron chi connectivity index (χ2n) is 9.44. The summed E-state index contributed by atoms with van der Waals surface area (Å²) in [5.41, 5.74) is 7.70. The molecule has 4 heterocycles. The monoisotopic (exact) mass is 527 g/mol. The minimum Gasteiger partial charge on any atom is -0.355 e. The maximum absolute atomic E-state index is 14.1. The Labute approximate surface area is 222 Å². The first kappa shape index (κ1) is 24.1. The second kappa shape index (κ2) is 9.56. The number of nitriles is 1. The quantitative estimate of drug-likeness (QED) is 0.372. The van der Waals surface area contributed by atoms with Crippen molar-refractivity contribution < 1.29 is 4.39 Å². The van der Waals surface area contributed by atoms with Gasteiger partial charge in [-0.05, 0) is 42.5 Å². The first-order valence-corrected chi connectivity index (χ1v) is 12.7. The molecule has 0 amide bonds. The van der Waals surface area contributed by atoms with Crippen LogP contribution in [0.4, 0.5) is 10.2 Å². The van der Waals surface area contributed by atoms with Crippen LogP contribution < -0.4 is 16.2 Å². The molecule has 1 saturated heterocycles. The minimum atomic E-state index is -0.505. The third kappa shape index (κ3) is 3.99. The summed E-state index contributed by atoms with van der Waals surface area (Å²) in [6.45, 7) is 1.32. The lowest BCUT2D eigenvalue weighted by Gasteiger charge is -2.33. The molecule has 0 spiro atoms. The maximum atomic E-state index is 14.1. The van der Waals surface area contributed by atoms with Crippen LogP contribution in [0.2, 0.25) is 5.02 Å². The van der Waals surface area contributed by atoms with Crippen LogP contribution >= 0.6 is 11.6 Å². The van der Waals surface area contributed by atoms with E-state index in [-0.39, 0.29) is 39.8 Å². The van der Waals surface area contributed by atoms with Gasteiger partial charge in [-0.1, -0.05) is 35.9 Å². The highest BCUT2D eigenvalue weighted by Crippen LogP contribution is 2.36. The second-order valence-corrected chi connectivity index (χ2v) is 9.85. The number of rotatable bonds is 4. The molecule has 2 N–H and O–H groups in total. The number of fused-ring (bicyclic) bond motifs is 2. The molecule has 0 unspecified atom stereocenters. The molecule has 1 atom stereocenters. The number of anilines is 1. The van der Waals surface area contributed by atoms with Gasteiger partial charge in [-0.2, -0.15) is 5.26 Å². The molecular formula is C28H23ClFN7O. The zero-order valence-corrected chi connectivity index (χ0v) is 21.1. The van der Waals surface area contributed by atoms with E-state index in [1.807, 2.05) is 35.2 Å². The molecule has 0 bridgehead atoms. The van der Waals surface area contributed by atoms with Crippen molar-refractivity contribution in [1.29, 1.82) is 5.26 Å². The van der Waals surface area contributed by atoms with E-state index in [2.05, 4.69) is 16.0 Å². The van der Waals surface area contributed by atoms with Gasteiger partial charge in [0.05, 0.1) is 29.3 Å². The fourth-order valence-corrected chi connectivity index (χ4v) is 5.52. The van der Waals surface area contributed by atoms with Crippen LogP contribution in [0.25, 0.3) is 27.5 Å². The summed E-state index contributed by atoms with van der Waals surface area (Å²) in [6, 6.07) is 15.9. The summed E-state index contributed by atoms with van der Waals surface area (Å²) in [5, 5.41) is 12.3. The van der Waals surface area contributed by atoms with E-state index in [1.165, 1.54) is 29.1 Å². The van der Waals surface area contributed by atoms with Gasteiger partial charge in [-0.3, -0.25) is 18.9 Å². The van der Waals surface area contributed by atoms with Crippen LogP contribution in [0, 0.1) is 17.1 Å². The number of benzene rings is 2. The number of piperidine rings is 1. The van der Waals surface area contributed by atoms with Crippen LogP contribution in [-0.2, 0) is 6.54 Å². The molecule has 6 rings (SSSR count). The number of pyridine rings is 1. The number of hydrogen-bond acceptors (Lipinski definition) is 6. The topological polar surface area (TPSA) is 106 Å². The van der Waals surface area contributed by atoms with Gasteiger partial charge >= 0.3 is 0 Å². The summed E-state index contributed by atoms with van der Waals surface area (Å²) < 4.78 is 17.1. The minimum absolute atomic E-state index is 0.0903. The highest BCUT2D eigenvalue weighted by atomic mass is 35.5. The van der Waals surface area contributed by atoms with E-state index in [4.69, 9.17) is 17.3 Å². The van der Waals surface area contributed by atoms with Gasteiger partial charge in [0.25, 0.3) is 5.56 Å². The lowest BCUT2D eigenvalue weighted by atomic mass is 10.1. The van der Waals surface area contributed by atoms with Crippen molar-refractivity contribution in [3.63, 3.8) is 0 Å². The highest BCUT2D eigenvalue weighted by Gasteiger charge is 2.30. The predicted molar refractivity (Wildman–Crippen MR) is 145 cm³/mol. The lowest BCUT2D eigenvalue weighted by Crippen LogP contribution is -2.43. The summed E-state index contributed by atoms with van der Waals surface area (Å²) in [7, 11) is 0. The van der Waals surface area contributed by atoms with E-state index in [9.17, 15) is 14.4 Å². The molecule has 2 aromatic carbocycles. The molecule has 190 valence electrons. The van der Waals surface area contributed by atoms with Crippen LogP contribution in [0.15, 0.2) is 65.8 Å². The maximum Gasteiger partial charge on any atom is 0.278 e. The van der Waals surface area contributed by atoms with E-state index < -0.39 is 5.82 Å². The van der Waals surface area contributed by atoms with Crippen LogP contribution in [0.1, 0.15) is 24.1 Å².